The van der Waals surface area contributed by atoms with Crippen molar-refractivity contribution in [2.75, 3.05) is 16.7 Å². The minimum absolute atomic E-state index is 0.177. The van der Waals surface area contributed by atoms with E-state index >= 15 is 0 Å². The molecule has 1 amide bonds. The highest BCUT2D eigenvalue weighted by Crippen LogP contribution is 2.26. The Morgan fingerprint density at radius 1 is 0.806 bits per heavy atom. The van der Waals surface area contributed by atoms with Crippen molar-refractivity contribution in [2.24, 2.45) is 0 Å². The maximum atomic E-state index is 13.0. The number of ketones is 1. The van der Waals surface area contributed by atoms with Crippen LogP contribution in [0.4, 0.5) is 11.4 Å². The molecule has 4 aromatic carbocycles. The highest BCUT2D eigenvalue weighted by molar-refractivity contribution is 7.92. The highest BCUT2D eigenvalue weighted by Gasteiger charge is 2.22. The second kappa shape index (κ2) is 10.4. The van der Waals surface area contributed by atoms with Crippen LogP contribution in [0.3, 0.4) is 0 Å². The largest absolute Gasteiger partial charge is 0.321 e. The summed E-state index contributed by atoms with van der Waals surface area (Å²) < 4.78 is 27.1. The number of amides is 1. The molecule has 0 radical (unpaired) electrons. The SMILES string of the molecule is Cc1ccc(S(=O)(=O)N(C)c2ccc(C(=O)Nc3ccc(Cl)cc3C(=O)c3ccccc3)cc2)cc1. The molecular weight excluding hydrogens is 496 g/mol. The number of nitrogens with zero attached hydrogens (tertiary/aromatic N) is 1. The highest BCUT2D eigenvalue weighted by atomic mass is 35.5. The number of rotatable bonds is 7. The Bertz CT molecular complexity index is 1520. The lowest BCUT2D eigenvalue weighted by Crippen LogP contribution is -2.26. The predicted molar refractivity (Wildman–Crippen MR) is 142 cm³/mol. The summed E-state index contributed by atoms with van der Waals surface area (Å²) in [7, 11) is -2.30. The summed E-state index contributed by atoms with van der Waals surface area (Å²) in [6.45, 7) is 1.88. The van der Waals surface area contributed by atoms with Gasteiger partial charge in [-0.1, -0.05) is 59.6 Å². The molecule has 8 heteroatoms. The van der Waals surface area contributed by atoms with Crippen LogP contribution in [-0.4, -0.2) is 27.2 Å². The number of halogens is 1. The summed E-state index contributed by atoms with van der Waals surface area (Å²) in [5.74, 6) is -0.721. The van der Waals surface area contributed by atoms with E-state index < -0.39 is 15.9 Å². The molecule has 4 rings (SSSR count). The number of hydrogen-bond acceptors (Lipinski definition) is 4. The van der Waals surface area contributed by atoms with Gasteiger partial charge in [0.1, 0.15) is 0 Å². The summed E-state index contributed by atoms with van der Waals surface area (Å²) in [6.07, 6.45) is 0. The van der Waals surface area contributed by atoms with E-state index in [1.54, 1.807) is 72.8 Å². The van der Waals surface area contributed by atoms with Crippen LogP contribution in [0.15, 0.2) is 102 Å². The van der Waals surface area contributed by atoms with Crippen molar-refractivity contribution in [3.63, 3.8) is 0 Å². The van der Waals surface area contributed by atoms with Gasteiger partial charge in [-0.3, -0.25) is 13.9 Å². The van der Waals surface area contributed by atoms with Gasteiger partial charge in [0.05, 0.1) is 16.3 Å². The molecule has 0 aliphatic carbocycles. The summed E-state index contributed by atoms with van der Waals surface area (Å²) in [6, 6.07) is 26.1. The van der Waals surface area contributed by atoms with Crippen LogP contribution in [0.25, 0.3) is 0 Å². The van der Waals surface area contributed by atoms with Crippen LogP contribution >= 0.6 is 11.6 Å². The molecule has 0 fully saturated rings. The van der Waals surface area contributed by atoms with Crippen molar-refractivity contribution < 1.29 is 18.0 Å². The first kappa shape index (κ1) is 25.2. The molecule has 0 saturated heterocycles. The summed E-state index contributed by atoms with van der Waals surface area (Å²) in [5, 5.41) is 3.13. The number of anilines is 2. The van der Waals surface area contributed by atoms with Crippen LogP contribution in [0.1, 0.15) is 31.8 Å². The topological polar surface area (TPSA) is 83.6 Å². The van der Waals surface area contributed by atoms with Gasteiger partial charge in [0.15, 0.2) is 5.78 Å². The summed E-state index contributed by atoms with van der Waals surface area (Å²) >= 11 is 6.12. The molecule has 0 aromatic heterocycles. The van der Waals surface area contributed by atoms with Gasteiger partial charge in [0.25, 0.3) is 15.9 Å². The molecule has 0 atom stereocenters. The number of aryl methyl sites for hydroxylation is 1. The second-order valence-corrected chi connectivity index (χ2v) is 10.6. The van der Waals surface area contributed by atoms with Crippen LogP contribution in [0.5, 0.6) is 0 Å². The van der Waals surface area contributed by atoms with E-state index in [1.165, 1.54) is 25.2 Å². The van der Waals surface area contributed by atoms with Gasteiger partial charge >= 0.3 is 0 Å². The van der Waals surface area contributed by atoms with E-state index in [9.17, 15) is 18.0 Å². The lowest BCUT2D eigenvalue weighted by atomic mass is 10.0. The monoisotopic (exact) mass is 518 g/mol. The molecule has 0 spiro atoms. The van der Waals surface area contributed by atoms with Gasteiger partial charge in [0, 0.05) is 28.8 Å². The Kier molecular flexibility index (Phi) is 7.24. The molecule has 0 saturated carbocycles. The van der Waals surface area contributed by atoms with E-state index in [0.29, 0.717) is 27.5 Å². The molecule has 0 aliphatic rings. The smallest absolute Gasteiger partial charge is 0.264 e. The lowest BCUT2D eigenvalue weighted by Gasteiger charge is -2.20. The minimum atomic E-state index is -3.75. The van der Waals surface area contributed by atoms with Gasteiger partial charge in [-0.2, -0.15) is 0 Å². The van der Waals surface area contributed by atoms with Crippen LogP contribution < -0.4 is 9.62 Å². The Morgan fingerprint density at radius 2 is 1.44 bits per heavy atom. The van der Waals surface area contributed by atoms with Gasteiger partial charge in [-0.15, -0.1) is 0 Å². The van der Waals surface area contributed by atoms with Gasteiger partial charge < -0.3 is 5.32 Å². The summed E-state index contributed by atoms with van der Waals surface area (Å²) in [4.78, 5) is 26.1. The quantitative estimate of drug-likeness (QED) is 0.306. The van der Waals surface area contributed by atoms with E-state index in [4.69, 9.17) is 11.6 Å². The molecule has 0 unspecified atom stereocenters. The van der Waals surface area contributed by atoms with Gasteiger partial charge in [-0.25, -0.2) is 8.42 Å². The first-order chi connectivity index (χ1) is 17.2. The number of benzene rings is 4. The van der Waals surface area contributed by atoms with Gasteiger partial charge in [0.2, 0.25) is 0 Å². The molecule has 0 heterocycles. The summed E-state index contributed by atoms with van der Waals surface area (Å²) in [5.41, 5.74) is 2.72. The molecular formula is C28H23ClN2O4S. The maximum absolute atomic E-state index is 13.0. The van der Waals surface area contributed by atoms with Crippen LogP contribution in [0.2, 0.25) is 5.02 Å². The minimum Gasteiger partial charge on any atom is -0.321 e. The number of nitrogens with one attached hydrogen (secondary N) is 1. The molecule has 1 N–H and O–H groups in total. The molecule has 4 aromatic rings. The van der Waals surface area contributed by atoms with Crippen molar-refractivity contribution >= 4 is 44.7 Å². The zero-order valence-electron chi connectivity index (χ0n) is 19.6. The first-order valence-electron chi connectivity index (χ1n) is 11.0. The Morgan fingerprint density at radius 3 is 2.08 bits per heavy atom. The van der Waals surface area contributed by atoms with E-state index in [1.807, 2.05) is 13.0 Å². The van der Waals surface area contributed by atoms with E-state index in [2.05, 4.69) is 5.32 Å². The average molecular weight is 519 g/mol. The number of carbonyl (C=O) groups excluding carboxylic acids is 2. The number of hydrogen-bond donors (Lipinski definition) is 1. The van der Waals surface area contributed by atoms with Crippen LogP contribution in [-0.2, 0) is 10.0 Å². The predicted octanol–water partition coefficient (Wildman–Crippen LogP) is 5.96. The maximum Gasteiger partial charge on any atom is 0.264 e. The third kappa shape index (κ3) is 5.32. The third-order valence-electron chi connectivity index (χ3n) is 5.68. The zero-order chi connectivity index (χ0) is 25.9. The normalized spacial score (nSPS) is 11.1. The fourth-order valence-corrected chi connectivity index (χ4v) is 4.95. The van der Waals surface area contributed by atoms with Crippen LogP contribution in [0, 0.1) is 6.92 Å². The standard InChI is InChI=1S/C28H23ClN2O4S/c1-19-8-15-24(16-9-19)36(34,35)31(2)23-13-10-21(11-14-23)28(33)30-26-17-12-22(29)18-25(26)27(32)20-6-4-3-5-7-20/h3-18H,1-2H3,(H,30,33). The van der Waals surface area contributed by atoms with Crippen molar-refractivity contribution in [3.8, 4) is 0 Å². The number of carbonyl (C=O) groups is 2. The molecule has 0 bridgehead atoms. The van der Waals surface area contributed by atoms with E-state index in [-0.39, 0.29) is 16.2 Å². The fraction of sp³-hybridized carbons (Fsp3) is 0.0714. The van der Waals surface area contributed by atoms with Crippen molar-refractivity contribution in [1.82, 2.24) is 0 Å². The molecule has 6 nitrogen and oxygen atoms in total. The second-order valence-electron chi connectivity index (χ2n) is 8.17. The van der Waals surface area contributed by atoms with Crippen molar-refractivity contribution in [2.45, 2.75) is 11.8 Å². The van der Waals surface area contributed by atoms with Gasteiger partial charge in [-0.05, 0) is 61.5 Å². The molecule has 0 aliphatic heterocycles. The Hall–Kier alpha value is -3.94. The first-order valence-corrected chi connectivity index (χ1v) is 12.8. The third-order valence-corrected chi connectivity index (χ3v) is 7.72. The van der Waals surface area contributed by atoms with E-state index in [0.717, 1.165) is 9.87 Å². The Balaban J connectivity index is 1.55. The van der Waals surface area contributed by atoms with Crippen molar-refractivity contribution in [1.29, 1.82) is 0 Å². The average Bonchev–Trinajstić information content (AvgIpc) is 2.89. The molecule has 36 heavy (non-hydrogen) atoms. The molecule has 182 valence electrons. The lowest BCUT2D eigenvalue weighted by molar-refractivity contribution is 0.102. The fourth-order valence-electron chi connectivity index (χ4n) is 3.58. The number of sulfonamides is 1. The van der Waals surface area contributed by atoms with Crippen molar-refractivity contribution in [3.05, 3.63) is 124 Å². The Labute approximate surface area is 215 Å². The zero-order valence-corrected chi connectivity index (χ0v) is 21.2.